The standard InChI is InChI=1S/C14H16N2O4S/c17-12(7-16-9-21-8-13(16)18)15-11(14(19)20)6-10-4-2-1-3-5-10/h1-5,11H,6-9H2,(H,15,17)(H,19,20). The third-order valence-corrected chi connectivity index (χ3v) is 4.02. The minimum absolute atomic E-state index is 0.0925. The molecule has 2 rings (SSSR count). The SMILES string of the molecule is O=C(CN1CSCC1=O)NC(Cc1ccccc1)C(=O)O. The summed E-state index contributed by atoms with van der Waals surface area (Å²) >= 11 is 1.44. The summed E-state index contributed by atoms with van der Waals surface area (Å²) in [5, 5.41) is 11.7. The Bertz CT molecular complexity index is 535. The average molecular weight is 308 g/mol. The van der Waals surface area contributed by atoms with E-state index in [4.69, 9.17) is 0 Å². The quantitative estimate of drug-likeness (QED) is 0.791. The number of thioether (sulfide) groups is 1. The fourth-order valence-corrected chi connectivity index (χ4v) is 2.91. The number of hydrogen-bond donors (Lipinski definition) is 2. The van der Waals surface area contributed by atoms with Gasteiger partial charge in [-0.05, 0) is 5.56 Å². The summed E-state index contributed by atoms with van der Waals surface area (Å²) in [5.74, 6) is -0.781. The minimum Gasteiger partial charge on any atom is -0.480 e. The van der Waals surface area contributed by atoms with E-state index in [1.165, 1.54) is 16.7 Å². The van der Waals surface area contributed by atoms with E-state index in [1.54, 1.807) is 0 Å². The lowest BCUT2D eigenvalue weighted by Crippen LogP contribution is -2.47. The van der Waals surface area contributed by atoms with Crippen molar-refractivity contribution in [2.45, 2.75) is 12.5 Å². The summed E-state index contributed by atoms with van der Waals surface area (Å²) in [6, 6.07) is 8.09. The van der Waals surface area contributed by atoms with Gasteiger partial charge in [0.25, 0.3) is 0 Å². The molecule has 1 saturated heterocycles. The summed E-state index contributed by atoms with van der Waals surface area (Å²) in [5.41, 5.74) is 0.831. The molecular weight excluding hydrogens is 292 g/mol. The highest BCUT2D eigenvalue weighted by molar-refractivity contribution is 8.00. The molecule has 7 heteroatoms. The van der Waals surface area contributed by atoms with Crippen molar-refractivity contribution in [1.29, 1.82) is 0 Å². The first-order valence-corrected chi connectivity index (χ1v) is 7.63. The van der Waals surface area contributed by atoms with Gasteiger partial charge in [0.05, 0.1) is 11.6 Å². The number of nitrogens with one attached hydrogen (secondary N) is 1. The molecule has 21 heavy (non-hydrogen) atoms. The summed E-state index contributed by atoms with van der Waals surface area (Å²) in [4.78, 5) is 36.0. The highest BCUT2D eigenvalue weighted by Crippen LogP contribution is 2.14. The van der Waals surface area contributed by atoms with Crippen molar-refractivity contribution in [3.8, 4) is 0 Å². The first kappa shape index (κ1) is 15.4. The van der Waals surface area contributed by atoms with E-state index >= 15 is 0 Å². The van der Waals surface area contributed by atoms with Crippen molar-refractivity contribution < 1.29 is 19.5 Å². The molecule has 1 aromatic rings. The van der Waals surface area contributed by atoms with Crippen molar-refractivity contribution in [2.24, 2.45) is 0 Å². The molecule has 0 aromatic heterocycles. The van der Waals surface area contributed by atoms with Crippen LogP contribution < -0.4 is 5.32 Å². The molecule has 1 atom stereocenters. The van der Waals surface area contributed by atoms with Crippen LogP contribution in [0.4, 0.5) is 0 Å². The minimum atomic E-state index is -1.09. The summed E-state index contributed by atoms with van der Waals surface area (Å²) in [7, 11) is 0. The van der Waals surface area contributed by atoms with Crippen molar-refractivity contribution >= 4 is 29.5 Å². The van der Waals surface area contributed by atoms with Crippen molar-refractivity contribution in [3.63, 3.8) is 0 Å². The number of carbonyl (C=O) groups is 3. The lowest BCUT2D eigenvalue weighted by Gasteiger charge is -2.18. The van der Waals surface area contributed by atoms with Gasteiger partial charge < -0.3 is 15.3 Å². The van der Waals surface area contributed by atoms with E-state index in [-0.39, 0.29) is 18.9 Å². The van der Waals surface area contributed by atoms with Crippen LogP contribution in [0.3, 0.4) is 0 Å². The lowest BCUT2D eigenvalue weighted by molar-refractivity contribution is -0.142. The van der Waals surface area contributed by atoms with Gasteiger partial charge in [-0.15, -0.1) is 11.8 Å². The maximum absolute atomic E-state index is 11.9. The Hall–Kier alpha value is -2.02. The van der Waals surface area contributed by atoms with Crippen LogP contribution >= 0.6 is 11.8 Å². The Morgan fingerprint density at radius 2 is 2.05 bits per heavy atom. The van der Waals surface area contributed by atoms with Gasteiger partial charge in [0.15, 0.2) is 0 Å². The third-order valence-electron chi connectivity index (χ3n) is 3.08. The molecule has 0 bridgehead atoms. The molecule has 1 aliphatic rings. The van der Waals surface area contributed by atoms with Crippen LogP contribution in [0.2, 0.25) is 0 Å². The lowest BCUT2D eigenvalue weighted by atomic mass is 10.1. The molecule has 0 saturated carbocycles. The van der Waals surface area contributed by atoms with Crippen LogP contribution in [0.15, 0.2) is 30.3 Å². The number of aliphatic carboxylic acids is 1. The number of carbonyl (C=O) groups excluding carboxylic acids is 2. The van der Waals surface area contributed by atoms with Gasteiger partial charge in [-0.3, -0.25) is 9.59 Å². The number of amides is 2. The van der Waals surface area contributed by atoms with Crippen molar-refractivity contribution in [3.05, 3.63) is 35.9 Å². The van der Waals surface area contributed by atoms with Crippen molar-refractivity contribution in [1.82, 2.24) is 10.2 Å². The van der Waals surface area contributed by atoms with Crippen LogP contribution in [0.5, 0.6) is 0 Å². The molecule has 6 nitrogen and oxygen atoms in total. The van der Waals surface area contributed by atoms with Gasteiger partial charge >= 0.3 is 5.97 Å². The highest BCUT2D eigenvalue weighted by atomic mass is 32.2. The molecule has 0 radical (unpaired) electrons. The van der Waals surface area contributed by atoms with Crippen LogP contribution in [-0.2, 0) is 20.8 Å². The Labute approximate surface area is 126 Å². The first-order valence-electron chi connectivity index (χ1n) is 6.48. The Balaban J connectivity index is 1.91. The largest absolute Gasteiger partial charge is 0.480 e. The fourth-order valence-electron chi connectivity index (χ4n) is 2.00. The summed E-state index contributed by atoms with van der Waals surface area (Å²) in [6.45, 7) is -0.0929. The molecule has 1 heterocycles. The summed E-state index contributed by atoms with van der Waals surface area (Å²) in [6.07, 6.45) is 0.213. The second-order valence-corrected chi connectivity index (χ2v) is 5.67. The van der Waals surface area contributed by atoms with E-state index in [0.29, 0.717) is 11.6 Å². The second kappa shape index (κ2) is 7.12. The first-order chi connectivity index (χ1) is 10.1. The van der Waals surface area contributed by atoms with E-state index < -0.39 is 17.9 Å². The molecule has 2 amide bonds. The number of carboxylic acids is 1. The smallest absolute Gasteiger partial charge is 0.326 e. The summed E-state index contributed by atoms with van der Waals surface area (Å²) < 4.78 is 0. The molecule has 112 valence electrons. The maximum Gasteiger partial charge on any atom is 0.326 e. The molecule has 2 N–H and O–H groups in total. The van der Waals surface area contributed by atoms with E-state index in [9.17, 15) is 19.5 Å². The third kappa shape index (κ3) is 4.49. The molecule has 1 fully saturated rings. The van der Waals surface area contributed by atoms with Crippen molar-refractivity contribution in [2.75, 3.05) is 18.2 Å². The van der Waals surface area contributed by atoms with E-state index in [2.05, 4.69) is 5.32 Å². The monoisotopic (exact) mass is 308 g/mol. The molecule has 0 spiro atoms. The number of carboxylic acid groups (broad SMARTS) is 1. The van der Waals surface area contributed by atoms with E-state index in [1.807, 2.05) is 30.3 Å². The molecule has 0 aliphatic carbocycles. The number of rotatable bonds is 6. The van der Waals surface area contributed by atoms with Gasteiger partial charge in [0.1, 0.15) is 12.6 Å². The average Bonchev–Trinajstić information content (AvgIpc) is 2.84. The van der Waals surface area contributed by atoms with Gasteiger partial charge in [0, 0.05) is 6.42 Å². The van der Waals surface area contributed by atoms with E-state index in [0.717, 1.165) is 5.56 Å². The molecule has 1 aromatic carbocycles. The second-order valence-electron chi connectivity index (χ2n) is 4.72. The zero-order valence-electron chi connectivity index (χ0n) is 11.3. The predicted molar refractivity (Wildman–Crippen MR) is 78.8 cm³/mol. The Morgan fingerprint density at radius 3 is 2.62 bits per heavy atom. The molecule has 1 unspecified atom stereocenters. The Kier molecular flexibility index (Phi) is 5.21. The highest BCUT2D eigenvalue weighted by Gasteiger charge is 2.25. The van der Waals surface area contributed by atoms with Crippen LogP contribution in [-0.4, -0.2) is 52.0 Å². The van der Waals surface area contributed by atoms with Crippen LogP contribution in [0.1, 0.15) is 5.56 Å². The number of hydrogen-bond acceptors (Lipinski definition) is 4. The number of nitrogens with zero attached hydrogens (tertiary/aromatic N) is 1. The Morgan fingerprint density at radius 1 is 1.33 bits per heavy atom. The zero-order chi connectivity index (χ0) is 15.2. The van der Waals surface area contributed by atoms with Gasteiger partial charge in [-0.2, -0.15) is 0 Å². The maximum atomic E-state index is 11.9. The number of benzene rings is 1. The normalized spacial score (nSPS) is 15.8. The van der Waals surface area contributed by atoms with Gasteiger partial charge in [-0.1, -0.05) is 30.3 Å². The van der Waals surface area contributed by atoms with Gasteiger partial charge in [0.2, 0.25) is 11.8 Å². The topological polar surface area (TPSA) is 86.7 Å². The molecular formula is C14H16N2O4S. The van der Waals surface area contributed by atoms with Gasteiger partial charge in [-0.25, -0.2) is 4.79 Å². The predicted octanol–water partition coefficient (Wildman–Crippen LogP) is 0.331. The van der Waals surface area contributed by atoms with Crippen LogP contribution in [0, 0.1) is 0 Å². The molecule has 1 aliphatic heterocycles. The zero-order valence-corrected chi connectivity index (χ0v) is 12.1. The van der Waals surface area contributed by atoms with Crippen LogP contribution in [0.25, 0.3) is 0 Å². The fraction of sp³-hybridized carbons (Fsp3) is 0.357.